The number of carbonyl (C=O) groups is 1. The predicted molar refractivity (Wildman–Crippen MR) is 84.4 cm³/mol. The molecule has 0 aliphatic heterocycles. The van der Waals surface area contributed by atoms with Crippen molar-refractivity contribution in [1.82, 2.24) is 10.3 Å². The Kier molecular flexibility index (Phi) is 7.37. The average Bonchev–Trinajstić information content (AvgIpc) is 2.46. The zero-order valence-electron chi connectivity index (χ0n) is 12.5. The molecule has 0 aliphatic carbocycles. The van der Waals surface area contributed by atoms with Gasteiger partial charge in [0, 0.05) is 19.3 Å². The molecule has 1 amide bonds. The Labute approximate surface area is 126 Å². The minimum absolute atomic E-state index is 0.117. The molecule has 5 heteroatoms. The smallest absolute Gasteiger partial charge is 0.252 e. The van der Waals surface area contributed by atoms with Crippen molar-refractivity contribution in [2.45, 2.75) is 40.0 Å². The number of rotatable bonds is 8. The summed E-state index contributed by atoms with van der Waals surface area (Å²) in [6.07, 6.45) is 4.69. The first-order valence-electron chi connectivity index (χ1n) is 7.29. The van der Waals surface area contributed by atoms with E-state index in [9.17, 15) is 4.79 Å². The number of carbonyl (C=O) groups excluding carboxylic acids is 1. The highest BCUT2D eigenvalue weighted by molar-refractivity contribution is 6.33. The van der Waals surface area contributed by atoms with Crippen LogP contribution in [0.25, 0.3) is 0 Å². The van der Waals surface area contributed by atoms with Crippen LogP contribution in [0.2, 0.25) is 5.02 Å². The Hall–Kier alpha value is -1.29. The molecule has 0 bridgehead atoms. The maximum Gasteiger partial charge on any atom is 0.252 e. The van der Waals surface area contributed by atoms with Gasteiger partial charge in [0.05, 0.1) is 10.6 Å². The lowest BCUT2D eigenvalue weighted by Crippen LogP contribution is -2.29. The summed E-state index contributed by atoms with van der Waals surface area (Å²) >= 11 is 6.12. The number of amides is 1. The standard InChI is InChI=1S/C15H24ClN3O/c1-4-7-17-14-13(16)8-12(10-18-14)15(20)19-9-11(5-2)6-3/h8,10-11H,4-7,9H2,1-3H3,(H,17,18)(H,19,20). The summed E-state index contributed by atoms with van der Waals surface area (Å²) in [6.45, 7) is 7.84. The van der Waals surface area contributed by atoms with Gasteiger partial charge in [-0.1, -0.05) is 45.2 Å². The second kappa shape index (κ2) is 8.80. The van der Waals surface area contributed by atoms with Gasteiger partial charge in [-0.05, 0) is 18.4 Å². The number of anilines is 1. The van der Waals surface area contributed by atoms with Gasteiger partial charge < -0.3 is 10.6 Å². The molecule has 0 saturated carbocycles. The van der Waals surface area contributed by atoms with E-state index in [1.165, 1.54) is 0 Å². The van der Waals surface area contributed by atoms with Crippen molar-refractivity contribution in [3.63, 3.8) is 0 Å². The Balaban J connectivity index is 2.62. The van der Waals surface area contributed by atoms with E-state index in [0.717, 1.165) is 25.8 Å². The molecule has 0 radical (unpaired) electrons. The van der Waals surface area contributed by atoms with E-state index in [0.29, 0.717) is 28.9 Å². The molecule has 1 aromatic rings. The van der Waals surface area contributed by atoms with Crippen LogP contribution in [0.5, 0.6) is 0 Å². The minimum Gasteiger partial charge on any atom is -0.369 e. The lowest BCUT2D eigenvalue weighted by atomic mass is 10.0. The van der Waals surface area contributed by atoms with Crippen LogP contribution in [-0.2, 0) is 0 Å². The normalized spacial score (nSPS) is 10.7. The Morgan fingerprint density at radius 1 is 1.35 bits per heavy atom. The van der Waals surface area contributed by atoms with Crippen LogP contribution in [0.4, 0.5) is 5.82 Å². The molecule has 4 nitrogen and oxygen atoms in total. The van der Waals surface area contributed by atoms with E-state index in [4.69, 9.17) is 11.6 Å². The van der Waals surface area contributed by atoms with Gasteiger partial charge in [0.25, 0.3) is 5.91 Å². The molecule has 0 spiro atoms. The number of pyridine rings is 1. The monoisotopic (exact) mass is 297 g/mol. The Bertz CT molecular complexity index is 433. The molecule has 0 aliphatic rings. The summed E-state index contributed by atoms with van der Waals surface area (Å²) in [7, 11) is 0. The van der Waals surface area contributed by atoms with Crippen LogP contribution in [0.1, 0.15) is 50.4 Å². The van der Waals surface area contributed by atoms with Crippen molar-refractivity contribution in [1.29, 1.82) is 0 Å². The van der Waals surface area contributed by atoms with E-state index >= 15 is 0 Å². The molecular formula is C15H24ClN3O. The molecule has 1 heterocycles. The van der Waals surface area contributed by atoms with E-state index in [1.807, 2.05) is 0 Å². The van der Waals surface area contributed by atoms with E-state index in [2.05, 4.69) is 36.4 Å². The average molecular weight is 298 g/mol. The predicted octanol–water partition coefficient (Wildman–Crippen LogP) is 3.72. The minimum atomic E-state index is -0.117. The van der Waals surface area contributed by atoms with Crippen LogP contribution in [0, 0.1) is 5.92 Å². The highest BCUT2D eigenvalue weighted by Gasteiger charge is 2.11. The number of hydrogen-bond donors (Lipinski definition) is 2. The fourth-order valence-corrected chi connectivity index (χ4v) is 2.09. The second-order valence-electron chi connectivity index (χ2n) is 4.87. The van der Waals surface area contributed by atoms with Crippen molar-refractivity contribution >= 4 is 23.3 Å². The maximum absolute atomic E-state index is 12.0. The summed E-state index contributed by atoms with van der Waals surface area (Å²) in [4.78, 5) is 16.2. The van der Waals surface area contributed by atoms with Gasteiger partial charge >= 0.3 is 0 Å². The van der Waals surface area contributed by atoms with Gasteiger partial charge in [-0.25, -0.2) is 4.98 Å². The quantitative estimate of drug-likeness (QED) is 0.769. The maximum atomic E-state index is 12.0. The van der Waals surface area contributed by atoms with Gasteiger partial charge in [-0.3, -0.25) is 4.79 Å². The third-order valence-electron chi connectivity index (χ3n) is 3.35. The number of nitrogens with zero attached hydrogens (tertiary/aromatic N) is 1. The molecule has 1 aromatic heterocycles. The lowest BCUT2D eigenvalue weighted by Gasteiger charge is -2.13. The Morgan fingerprint density at radius 3 is 2.60 bits per heavy atom. The van der Waals surface area contributed by atoms with Gasteiger partial charge in [0.2, 0.25) is 0 Å². The Morgan fingerprint density at radius 2 is 2.05 bits per heavy atom. The van der Waals surface area contributed by atoms with Crippen LogP contribution in [0.15, 0.2) is 12.3 Å². The number of nitrogens with one attached hydrogen (secondary N) is 2. The molecule has 112 valence electrons. The first-order valence-corrected chi connectivity index (χ1v) is 7.67. The van der Waals surface area contributed by atoms with Gasteiger partial charge in [-0.2, -0.15) is 0 Å². The van der Waals surface area contributed by atoms with Gasteiger partial charge in [-0.15, -0.1) is 0 Å². The summed E-state index contributed by atoms with van der Waals surface area (Å²) < 4.78 is 0. The van der Waals surface area contributed by atoms with E-state index in [-0.39, 0.29) is 5.91 Å². The van der Waals surface area contributed by atoms with Gasteiger partial charge in [0.15, 0.2) is 0 Å². The van der Waals surface area contributed by atoms with Crippen molar-refractivity contribution in [2.24, 2.45) is 5.92 Å². The first-order chi connectivity index (χ1) is 9.62. The lowest BCUT2D eigenvalue weighted by molar-refractivity contribution is 0.0946. The fraction of sp³-hybridized carbons (Fsp3) is 0.600. The zero-order chi connectivity index (χ0) is 15.0. The highest BCUT2D eigenvalue weighted by atomic mass is 35.5. The summed E-state index contributed by atoms with van der Waals surface area (Å²) in [5.41, 5.74) is 0.503. The zero-order valence-corrected chi connectivity index (χ0v) is 13.3. The molecule has 0 fully saturated rings. The number of aromatic nitrogens is 1. The SMILES string of the molecule is CCCNc1ncc(C(=O)NCC(CC)CC)cc1Cl. The van der Waals surface area contributed by atoms with Crippen LogP contribution in [0.3, 0.4) is 0 Å². The molecule has 2 N–H and O–H groups in total. The van der Waals surface area contributed by atoms with Crippen LogP contribution in [-0.4, -0.2) is 24.0 Å². The van der Waals surface area contributed by atoms with Crippen molar-refractivity contribution in [3.05, 3.63) is 22.8 Å². The molecule has 0 aromatic carbocycles. The topological polar surface area (TPSA) is 54.0 Å². The van der Waals surface area contributed by atoms with Crippen LogP contribution < -0.4 is 10.6 Å². The molecule has 0 saturated heterocycles. The second-order valence-corrected chi connectivity index (χ2v) is 5.28. The summed E-state index contributed by atoms with van der Waals surface area (Å²) in [6, 6.07) is 1.66. The van der Waals surface area contributed by atoms with Crippen molar-refractivity contribution in [2.75, 3.05) is 18.4 Å². The molecule has 0 atom stereocenters. The van der Waals surface area contributed by atoms with Crippen molar-refractivity contribution in [3.8, 4) is 0 Å². The van der Waals surface area contributed by atoms with Crippen molar-refractivity contribution < 1.29 is 4.79 Å². The van der Waals surface area contributed by atoms with Crippen LogP contribution >= 0.6 is 11.6 Å². The first kappa shape index (κ1) is 16.8. The molecule has 1 rings (SSSR count). The largest absolute Gasteiger partial charge is 0.369 e. The third-order valence-corrected chi connectivity index (χ3v) is 3.64. The van der Waals surface area contributed by atoms with E-state index in [1.54, 1.807) is 12.3 Å². The summed E-state index contributed by atoms with van der Waals surface area (Å²) in [5.74, 6) is 1.03. The number of hydrogen-bond acceptors (Lipinski definition) is 3. The third kappa shape index (κ3) is 5.00. The van der Waals surface area contributed by atoms with E-state index < -0.39 is 0 Å². The molecule has 0 unspecified atom stereocenters. The summed E-state index contributed by atoms with van der Waals surface area (Å²) in [5, 5.41) is 6.54. The highest BCUT2D eigenvalue weighted by Crippen LogP contribution is 2.20. The molecule has 20 heavy (non-hydrogen) atoms. The van der Waals surface area contributed by atoms with Gasteiger partial charge in [0.1, 0.15) is 5.82 Å². The fourth-order valence-electron chi connectivity index (χ4n) is 1.85. The number of halogens is 1. The molecular weight excluding hydrogens is 274 g/mol.